The van der Waals surface area contributed by atoms with Crippen LogP contribution in [0.1, 0.15) is 6.92 Å². The molecule has 0 heterocycles. The summed E-state index contributed by atoms with van der Waals surface area (Å²) in [5.74, 6) is 0. The second kappa shape index (κ2) is 3.53. The summed E-state index contributed by atoms with van der Waals surface area (Å²) in [6, 6.07) is 1.16. The van der Waals surface area contributed by atoms with Crippen LogP contribution in [0, 0.1) is 0 Å². The Hall–Kier alpha value is 0.527. The van der Waals surface area contributed by atoms with Gasteiger partial charge in [-0.05, 0) is 12.6 Å². The number of hydrogen-bond donors (Lipinski definition) is 1. The first-order valence-electron chi connectivity index (χ1n) is 2.84. The molecule has 0 radical (unpaired) electrons. The summed E-state index contributed by atoms with van der Waals surface area (Å²) in [5, 5.41) is 0.931. The lowest BCUT2D eigenvalue weighted by molar-refractivity contribution is 0.404. The van der Waals surface area contributed by atoms with Gasteiger partial charge in [0.05, 0.1) is 0 Å². The maximum absolute atomic E-state index is 5.30. The third kappa shape index (κ3) is 2.20. The fraction of sp³-hybridized carbons (Fsp3) is 1.00. The molecule has 0 aliphatic heterocycles. The van der Waals surface area contributed by atoms with Crippen molar-refractivity contribution in [1.29, 1.82) is 0 Å². The van der Waals surface area contributed by atoms with Crippen LogP contribution < -0.4 is 0 Å². The zero-order valence-corrected chi connectivity index (χ0v) is 7.66. The van der Waals surface area contributed by atoms with Crippen LogP contribution in [0.3, 0.4) is 0 Å². The fourth-order valence-corrected chi connectivity index (χ4v) is 2.02. The van der Waals surface area contributed by atoms with E-state index < -0.39 is 8.32 Å². The summed E-state index contributed by atoms with van der Waals surface area (Å²) < 4.78 is 5.30. The minimum Gasteiger partial charge on any atom is -0.419 e. The highest BCUT2D eigenvalue weighted by Crippen LogP contribution is 2.09. The van der Waals surface area contributed by atoms with Crippen LogP contribution in [0.4, 0.5) is 0 Å². The van der Waals surface area contributed by atoms with E-state index in [1.54, 1.807) is 7.11 Å². The molecule has 3 heteroatoms. The van der Waals surface area contributed by atoms with Gasteiger partial charge in [0.25, 0.3) is 0 Å². The predicted molar refractivity (Wildman–Crippen MR) is 43.0 cm³/mol. The van der Waals surface area contributed by atoms with E-state index in [-0.39, 0.29) is 0 Å². The van der Waals surface area contributed by atoms with Gasteiger partial charge in [-0.25, -0.2) is 0 Å². The summed E-state index contributed by atoms with van der Waals surface area (Å²) in [7, 11) is 0.477. The Morgan fingerprint density at radius 1 is 1.62 bits per heavy atom. The van der Waals surface area contributed by atoms with Crippen LogP contribution in [-0.2, 0) is 4.43 Å². The van der Waals surface area contributed by atoms with Gasteiger partial charge in [-0.15, -0.1) is 0 Å². The van der Waals surface area contributed by atoms with Crippen LogP contribution in [0.2, 0.25) is 12.6 Å². The number of thiol groups is 1. The second-order valence-corrected chi connectivity index (χ2v) is 7.45. The summed E-state index contributed by atoms with van der Waals surface area (Å²) in [6.07, 6.45) is 0. The van der Waals surface area contributed by atoms with E-state index >= 15 is 0 Å². The van der Waals surface area contributed by atoms with E-state index in [0.717, 1.165) is 11.4 Å². The van der Waals surface area contributed by atoms with Crippen molar-refractivity contribution in [1.82, 2.24) is 0 Å². The summed E-state index contributed by atoms with van der Waals surface area (Å²) in [5.41, 5.74) is 0. The van der Waals surface area contributed by atoms with E-state index in [4.69, 9.17) is 4.43 Å². The molecule has 0 rings (SSSR count). The van der Waals surface area contributed by atoms with Crippen molar-refractivity contribution in [2.24, 2.45) is 0 Å². The van der Waals surface area contributed by atoms with Gasteiger partial charge in [-0.2, -0.15) is 12.6 Å². The highest BCUT2D eigenvalue weighted by atomic mass is 32.1. The Labute approximate surface area is 58.0 Å². The lowest BCUT2D eigenvalue weighted by atomic mass is 11.0. The SMILES string of the molecule is CC[Si](C)(CS)OC. The molecule has 0 spiro atoms. The van der Waals surface area contributed by atoms with Crippen LogP contribution in [-0.4, -0.2) is 20.8 Å². The average molecular weight is 150 g/mol. The van der Waals surface area contributed by atoms with Gasteiger partial charge in [-0.1, -0.05) is 6.92 Å². The van der Waals surface area contributed by atoms with Crippen molar-refractivity contribution < 1.29 is 4.43 Å². The van der Waals surface area contributed by atoms with Crippen LogP contribution in [0.5, 0.6) is 0 Å². The van der Waals surface area contributed by atoms with Gasteiger partial charge < -0.3 is 4.43 Å². The van der Waals surface area contributed by atoms with Crippen molar-refractivity contribution in [3.63, 3.8) is 0 Å². The van der Waals surface area contributed by atoms with Gasteiger partial charge in [0.15, 0.2) is 8.32 Å². The van der Waals surface area contributed by atoms with E-state index in [2.05, 4.69) is 26.1 Å². The molecule has 1 unspecified atom stereocenters. The third-order valence-corrected chi connectivity index (χ3v) is 6.73. The Bertz CT molecular complexity index is 55.2. The molecule has 50 valence electrons. The monoisotopic (exact) mass is 150 g/mol. The molecule has 0 aromatic carbocycles. The van der Waals surface area contributed by atoms with Crippen LogP contribution in [0.15, 0.2) is 0 Å². The molecule has 0 aliphatic rings. The molecule has 0 saturated carbocycles. The normalized spacial score (nSPS) is 18.0. The Kier molecular flexibility index (Phi) is 3.77. The molecule has 0 amide bonds. The maximum Gasteiger partial charge on any atom is 0.198 e. The molecule has 8 heavy (non-hydrogen) atoms. The Morgan fingerprint density at radius 2 is 2.12 bits per heavy atom. The molecule has 0 fully saturated rings. The zero-order valence-electron chi connectivity index (χ0n) is 5.77. The molecule has 0 saturated heterocycles. The van der Waals surface area contributed by atoms with Gasteiger partial charge in [0, 0.05) is 12.5 Å². The van der Waals surface area contributed by atoms with Gasteiger partial charge in [0.2, 0.25) is 0 Å². The van der Waals surface area contributed by atoms with Crippen molar-refractivity contribution in [3.8, 4) is 0 Å². The molecular weight excluding hydrogens is 136 g/mol. The van der Waals surface area contributed by atoms with E-state index in [1.807, 2.05) is 0 Å². The molecule has 0 N–H and O–H groups in total. The highest BCUT2D eigenvalue weighted by Gasteiger charge is 2.22. The molecular formula is C5H14OSSi. The van der Waals surface area contributed by atoms with Gasteiger partial charge >= 0.3 is 0 Å². The van der Waals surface area contributed by atoms with Crippen molar-refractivity contribution in [2.75, 3.05) is 12.5 Å². The van der Waals surface area contributed by atoms with Gasteiger partial charge in [-0.3, -0.25) is 0 Å². The minimum atomic E-state index is -1.31. The lowest BCUT2D eigenvalue weighted by Crippen LogP contribution is -2.34. The smallest absolute Gasteiger partial charge is 0.198 e. The molecule has 0 aromatic heterocycles. The molecule has 0 bridgehead atoms. The number of rotatable bonds is 3. The summed E-state index contributed by atoms with van der Waals surface area (Å²) in [6.45, 7) is 4.35. The Balaban J connectivity index is 3.58. The first kappa shape index (κ1) is 8.53. The Morgan fingerprint density at radius 3 is 2.12 bits per heavy atom. The summed E-state index contributed by atoms with van der Waals surface area (Å²) >= 11 is 4.20. The summed E-state index contributed by atoms with van der Waals surface area (Å²) in [4.78, 5) is 0. The topological polar surface area (TPSA) is 9.23 Å². The highest BCUT2D eigenvalue weighted by molar-refractivity contribution is 7.82. The molecule has 1 nitrogen and oxygen atoms in total. The lowest BCUT2D eigenvalue weighted by Gasteiger charge is -2.20. The van der Waals surface area contributed by atoms with E-state index in [0.29, 0.717) is 0 Å². The van der Waals surface area contributed by atoms with Crippen molar-refractivity contribution in [2.45, 2.75) is 19.5 Å². The van der Waals surface area contributed by atoms with Crippen molar-refractivity contribution in [3.05, 3.63) is 0 Å². The molecule has 0 aromatic rings. The second-order valence-electron chi connectivity index (χ2n) is 2.17. The average Bonchev–Trinajstić information content (AvgIpc) is 1.87. The predicted octanol–water partition coefficient (Wildman–Crippen LogP) is 1.70. The third-order valence-electron chi connectivity index (χ3n) is 1.58. The largest absolute Gasteiger partial charge is 0.419 e. The standard InChI is InChI=1S/C5H14OSSi/c1-4-8(3,5-7)6-2/h7H,4-5H2,1-3H3. The first-order valence-corrected chi connectivity index (χ1v) is 6.30. The van der Waals surface area contributed by atoms with Crippen LogP contribution >= 0.6 is 12.6 Å². The molecule has 1 atom stereocenters. The first-order chi connectivity index (χ1) is 3.68. The minimum absolute atomic E-state index is 0.931. The van der Waals surface area contributed by atoms with E-state index in [9.17, 15) is 0 Å². The van der Waals surface area contributed by atoms with E-state index in [1.165, 1.54) is 0 Å². The van der Waals surface area contributed by atoms with Gasteiger partial charge in [0.1, 0.15) is 0 Å². The van der Waals surface area contributed by atoms with Crippen LogP contribution in [0.25, 0.3) is 0 Å². The molecule has 0 aliphatic carbocycles. The quantitative estimate of drug-likeness (QED) is 0.476. The maximum atomic E-state index is 5.30. The van der Waals surface area contributed by atoms with Crippen molar-refractivity contribution >= 4 is 20.9 Å². The number of hydrogen-bond acceptors (Lipinski definition) is 2. The fourth-order valence-electron chi connectivity index (χ4n) is 0.321. The zero-order chi connectivity index (χ0) is 6.62.